The number of carboxylic acid groups (broad SMARTS) is 1. The first-order chi connectivity index (χ1) is 10.2. The summed E-state index contributed by atoms with van der Waals surface area (Å²) in [5.41, 5.74) is -1.61. The second-order valence-corrected chi connectivity index (χ2v) is 6.85. The molecule has 1 unspecified atom stereocenters. The number of hydrogen-bond acceptors (Lipinski definition) is 3. The number of halogens is 1. The lowest BCUT2D eigenvalue weighted by Gasteiger charge is -2.36. The highest BCUT2D eigenvalue weighted by molar-refractivity contribution is 6.30. The molecule has 1 amide bonds. The highest BCUT2D eigenvalue weighted by Gasteiger charge is 2.52. The number of hydrogen-bond donors (Lipinski definition) is 1. The van der Waals surface area contributed by atoms with Crippen molar-refractivity contribution in [3.05, 3.63) is 34.9 Å². The summed E-state index contributed by atoms with van der Waals surface area (Å²) in [5, 5.41) is 10.3. The molecule has 1 aromatic carbocycles. The van der Waals surface area contributed by atoms with Crippen LogP contribution in [0.1, 0.15) is 39.2 Å². The van der Waals surface area contributed by atoms with Crippen molar-refractivity contribution in [2.45, 2.75) is 44.8 Å². The molecule has 0 saturated carbocycles. The van der Waals surface area contributed by atoms with Gasteiger partial charge in [-0.2, -0.15) is 0 Å². The molecule has 1 aliphatic heterocycles. The fourth-order valence-electron chi connectivity index (χ4n) is 2.77. The van der Waals surface area contributed by atoms with E-state index in [2.05, 4.69) is 0 Å². The summed E-state index contributed by atoms with van der Waals surface area (Å²) in [6.07, 6.45) is 0.312. The Bertz CT molecular complexity index is 596. The quantitative estimate of drug-likeness (QED) is 0.901. The van der Waals surface area contributed by atoms with E-state index >= 15 is 0 Å². The summed E-state index contributed by atoms with van der Waals surface area (Å²) in [6, 6.07) is 6.64. The van der Waals surface area contributed by atoms with Crippen LogP contribution in [0.15, 0.2) is 24.3 Å². The third-order valence-electron chi connectivity index (χ3n) is 3.65. The largest absolute Gasteiger partial charge is 0.479 e. The molecule has 1 aromatic rings. The molecular weight excluding hydrogens is 306 g/mol. The van der Waals surface area contributed by atoms with Crippen LogP contribution in [0.5, 0.6) is 0 Å². The van der Waals surface area contributed by atoms with Gasteiger partial charge in [-0.25, -0.2) is 9.59 Å². The zero-order valence-corrected chi connectivity index (χ0v) is 13.7. The molecule has 120 valence electrons. The van der Waals surface area contributed by atoms with Crippen LogP contribution in [-0.4, -0.2) is 34.2 Å². The second-order valence-electron chi connectivity index (χ2n) is 6.41. The van der Waals surface area contributed by atoms with Gasteiger partial charge >= 0.3 is 12.1 Å². The maximum absolute atomic E-state index is 12.4. The SMILES string of the molecule is CC(C)(C)OC(=O)N1CCCC1(C(=O)O)c1cccc(Cl)c1. The molecule has 5 nitrogen and oxygen atoms in total. The van der Waals surface area contributed by atoms with Gasteiger partial charge in [0.05, 0.1) is 0 Å². The molecule has 2 rings (SSSR count). The van der Waals surface area contributed by atoms with Crippen molar-refractivity contribution >= 4 is 23.7 Å². The average Bonchev–Trinajstić information content (AvgIpc) is 2.82. The number of likely N-dealkylation sites (tertiary alicyclic amines) is 1. The Labute approximate surface area is 134 Å². The van der Waals surface area contributed by atoms with Crippen molar-refractivity contribution < 1.29 is 19.4 Å². The molecule has 1 saturated heterocycles. The maximum atomic E-state index is 12.4. The van der Waals surface area contributed by atoms with Gasteiger partial charge in [0.15, 0.2) is 5.54 Å². The van der Waals surface area contributed by atoms with Crippen molar-refractivity contribution in [2.75, 3.05) is 6.54 Å². The molecule has 0 radical (unpaired) electrons. The summed E-state index contributed by atoms with van der Waals surface area (Å²) < 4.78 is 5.37. The number of carbonyl (C=O) groups excluding carboxylic acids is 1. The van der Waals surface area contributed by atoms with Crippen LogP contribution >= 0.6 is 11.6 Å². The lowest BCUT2D eigenvalue weighted by molar-refractivity contribution is -0.150. The Balaban J connectivity index is 2.45. The minimum absolute atomic E-state index is 0.335. The number of amides is 1. The number of aliphatic carboxylic acids is 1. The van der Waals surface area contributed by atoms with Gasteiger partial charge in [0.25, 0.3) is 0 Å². The monoisotopic (exact) mass is 325 g/mol. The van der Waals surface area contributed by atoms with E-state index in [0.717, 1.165) is 0 Å². The molecular formula is C16H20ClNO4. The number of nitrogens with zero attached hydrogens (tertiary/aromatic N) is 1. The van der Waals surface area contributed by atoms with Crippen LogP contribution in [0, 0.1) is 0 Å². The lowest BCUT2D eigenvalue weighted by atomic mass is 9.87. The van der Waals surface area contributed by atoms with Crippen molar-refractivity contribution in [3.63, 3.8) is 0 Å². The van der Waals surface area contributed by atoms with Gasteiger partial charge in [-0.1, -0.05) is 23.7 Å². The van der Waals surface area contributed by atoms with E-state index in [1.54, 1.807) is 45.0 Å². The number of ether oxygens (including phenoxy) is 1. The van der Waals surface area contributed by atoms with Gasteiger partial charge in [-0.05, 0) is 51.3 Å². The van der Waals surface area contributed by atoms with Gasteiger partial charge in [0.1, 0.15) is 5.60 Å². The molecule has 1 heterocycles. The molecule has 1 atom stereocenters. The first-order valence-electron chi connectivity index (χ1n) is 7.17. The summed E-state index contributed by atoms with van der Waals surface area (Å²) in [5.74, 6) is -1.07. The van der Waals surface area contributed by atoms with Crippen LogP contribution in [0.3, 0.4) is 0 Å². The Hall–Kier alpha value is -1.75. The Morgan fingerprint density at radius 2 is 2.05 bits per heavy atom. The first-order valence-corrected chi connectivity index (χ1v) is 7.55. The molecule has 1 fully saturated rings. The number of rotatable bonds is 2. The highest BCUT2D eigenvalue weighted by atomic mass is 35.5. The maximum Gasteiger partial charge on any atom is 0.411 e. The zero-order valence-electron chi connectivity index (χ0n) is 12.9. The fraction of sp³-hybridized carbons (Fsp3) is 0.500. The molecule has 1 aliphatic rings. The van der Waals surface area contributed by atoms with E-state index < -0.39 is 23.2 Å². The normalized spacial score (nSPS) is 21.7. The topological polar surface area (TPSA) is 66.8 Å². The minimum atomic E-state index is -1.42. The van der Waals surface area contributed by atoms with E-state index in [0.29, 0.717) is 30.0 Å². The van der Waals surface area contributed by atoms with E-state index in [-0.39, 0.29) is 0 Å². The van der Waals surface area contributed by atoms with Gasteiger partial charge in [-0.3, -0.25) is 4.90 Å². The summed E-state index contributed by atoms with van der Waals surface area (Å²) in [4.78, 5) is 25.8. The predicted molar refractivity (Wildman–Crippen MR) is 82.9 cm³/mol. The molecule has 1 N–H and O–H groups in total. The number of carboxylic acids is 1. The van der Waals surface area contributed by atoms with Crippen LogP contribution < -0.4 is 0 Å². The molecule has 0 bridgehead atoms. The Kier molecular flexibility index (Phi) is 4.38. The standard InChI is InChI=1S/C16H20ClNO4/c1-15(2,3)22-14(21)18-9-5-8-16(18,13(19)20)11-6-4-7-12(17)10-11/h4,6-7,10H,5,8-9H2,1-3H3,(H,19,20). The van der Waals surface area contributed by atoms with Crippen LogP contribution in [-0.2, 0) is 15.1 Å². The van der Waals surface area contributed by atoms with E-state index in [1.807, 2.05) is 0 Å². The third-order valence-corrected chi connectivity index (χ3v) is 3.89. The Morgan fingerprint density at radius 3 is 2.59 bits per heavy atom. The smallest absolute Gasteiger partial charge is 0.411 e. The van der Waals surface area contributed by atoms with E-state index in [1.165, 1.54) is 4.90 Å². The number of carbonyl (C=O) groups is 2. The molecule has 0 aliphatic carbocycles. The third kappa shape index (κ3) is 3.04. The fourth-order valence-corrected chi connectivity index (χ4v) is 2.97. The van der Waals surface area contributed by atoms with Crippen LogP contribution in [0.4, 0.5) is 4.79 Å². The van der Waals surface area contributed by atoms with Crippen molar-refractivity contribution in [3.8, 4) is 0 Å². The van der Waals surface area contributed by atoms with Crippen molar-refractivity contribution in [1.82, 2.24) is 4.90 Å². The average molecular weight is 326 g/mol. The summed E-state index contributed by atoms with van der Waals surface area (Å²) >= 11 is 6.00. The van der Waals surface area contributed by atoms with Gasteiger partial charge < -0.3 is 9.84 Å². The van der Waals surface area contributed by atoms with Gasteiger partial charge in [-0.15, -0.1) is 0 Å². The van der Waals surface area contributed by atoms with Crippen LogP contribution in [0.2, 0.25) is 5.02 Å². The highest BCUT2D eigenvalue weighted by Crippen LogP contribution is 2.40. The molecule has 0 spiro atoms. The molecule has 22 heavy (non-hydrogen) atoms. The molecule has 6 heteroatoms. The molecule has 0 aromatic heterocycles. The zero-order chi connectivity index (χ0) is 16.5. The summed E-state index contributed by atoms with van der Waals surface area (Å²) in [6.45, 7) is 5.60. The first kappa shape index (κ1) is 16.6. The van der Waals surface area contributed by atoms with E-state index in [4.69, 9.17) is 16.3 Å². The van der Waals surface area contributed by atoms with Crippen molar-refractivity contribution in [2.24, 2.45) is 0 Å². The predicted octanol–water partition coefficient (Wildman–Crippen LogP) is 3.65. The summed E-state index contributed by atoms with van der Waals surface area (Å²) in [7, 11) is 0. The Morgan fingerprint density at radius 1 is 1.36 bits per heavy atom. The number of benzene rings is 1. The van der Waals surface area contributed by atoms with Crippen molar-refractivity contribution in [1.29, 1.82) is 0 Å². The lowest BCUT2D eigenvalue weighted by Crippen LogP contribution is -2.52. The van der Waals surface area contributed by atoms with Crippen LogP contribution in [0.25, 0.3) is 0 Å². The van der Waals surface area contributed by atoms with Gasteiger partial charge in [0.2, 0.25) is 0 Å². The minimum Gasteiger partial charge on any atom is -0.479 e. The second kappa shape index (κ2) is 5.80. The van der Waals surface area contributed by atoms with Gasteiger partial charge in [0, 0.05) is 11.6 Å². The van der Waals surface area contributed by atoms with E-state index in [9.17, 15) is 14.7 Å².